The van der Waals surface area contributed by atoms with Gasteiger partial charge in [0.2, 0.25) is 0 Å². The smallest absolute Gasteiger partial charge is 0.170 e. The highest BCUT2D eigenvalue weighted by molar-refractivity contribution is 5.49. The lowest BCUT2D eigenvalue weighted by Gasteiger charge is -2.57. The molecule has 120 valence electrons. The van der Waals surface area contributed by atoms with Crippen molar-refractivity contribution in [1.82, 2.24) is 0 Å². The molecule has 6 nitrogen and oxygen atoms in total. The van der Waals surface area contributed by atoms with Crippen LogP contribution in [0, 0.1) is 46.3 Å². The van der Waals surface area contributed by atoms with E-state index in [0.717, 1.165) is 0 Å². The van der Waals surface area contributed by atoms with Gasteiger partial charge in [0.25, 0.3) is 0 Å². The Kier molecular flexibility index (Phi) is 1.44. The van der Waals surface area contributed by atoms with Gasteiger partial charge < -0.3 is 29.9 Å². The third-order valence-electron chi connectivity index (χ3n) is 9.27. The molecule has 0 radical (unpaired) electrons. The number of rotatable bonds is 0. The Morgan fingerprint density at radius 3 is 1.41 bits per heavy atom. The van der Waals surface area contributed by atoms with E-state index in [2.05, 4.69) is 0 Å². The van der Waals surface area contributed by atoms with Crippen molar-refractivity contribution >= 4 is 0 Å². The van der Waals surface area contributed by atoms with Crippen molar-refractivity contribution in [3.63, 3.8) is 0 Å². The quantitative estimate of drug-likeness (QED) is 0.442. The molecule has 4 N–H and O–H groups in total. The van der Waals surface area contributed by atoms with E-state index < -0.39 is 34.6 Å². The van der Waals surface area contributed by atoms with Crippen molar-refractivity contribution in [1.29, 1.82) is 0 Å². The van der Waals surface area contributed by atoms with E-state index in [9.17, 15) is 20.4 Å². The second-order valence-corrected chi connectivity index (χ2v) is 9.11. The molecular formula is C16H20O6. The molecule has 2 saturated heterocycles. The van der Waals surface area contributed by atoms with Crippen molar-refractivity contribution in [2.75, 3.05) is 0 Å². The third kappa shape index (κ3) is 0.634. The predicted octanol–water partition coefficient (Wildman–Crippen LogP) is -1.34. The van der Waals surface area contributed by atoms with Gasteiger partial charge in [-0.25, -0.2) is 0 Å². The fourth-order valence-corrected chi connectivity index (χ4v) is 9.97. The lowest BCUT2D eigenvalue weighted by molar-refractivity contribution is -0.308. The minimum absolute atomic E-state index is 0.0255. The van der Waals surface area contributed by atoms with Gasteiger partial charge in [0.1, 0.15) is 0 Å². The summed E-state index contributed by atoms with van der Waals surface area (Å²) in [6, 6.07) is 0. The van der Waals surface area contributed by atoms with E-state index >= 15 is 0 Å². The third-order valence-corrected chi connectivity index (χ3v) is 9.27. The van der Waals surface area contributed by atoms with Crippen LogP contribution in [0.1, 0.15) is 13.8 Å². The SMILES string of the molecule is C[C@]1(O)O[C@H]2[C@H](O)[C@H]3[C@@H]4[C@H]5[C@@H]6[C@@H](O)[C@H]7O[C@@](C)(O)[C@]3([C@H]75)[C@@]61[C@@H]24. The molecule has 2 aliphatic heterocycles. The lowest BCUT2D eigenvalue weighted by Crippen LogP contribution is -2.68. The first-order valence-corrected chi connectivity index (χ1v) is 8.41. The second-order valence-electron chi connectivity index (χ2n) is 9.11. The molecule has 6 saturated carbocycles. The summed E-state index contributed by atoms with van der Waals surface area (Å²) in [5, 5.41) is 44.1. The van der Waals surface area contributed by atoms with Gasteiger partial charge in [-0.1, -0.05) is 0 Å². The molecule has 14 atom stereocenters. The topological polar surface area (TPSA) is 99.4 Å². The van der Waals surface area contributed by atoms with E-state index in [1.54, 1.807) is 13.8 Å². The van der Waals surface area contributed by atoms with Gasteiger partial charge in [-0.05, 0) is 25.7 Å². The number of aliphatic hydroxyl groups excluding tert-OH is 2. The maximum Gasteiger partial charge on any atom is 0.170 e. The molecular weight excluding hydrogens is 288 g/mol. The van der Waals surface area contributed by atoms with Crippen molar-refractivity contribution in [3.8, 4) is 0 Å². The van der Waals surface area contributed by atoms with Crippen molar-refractivity contribution in [2.45, 2.75) is 49.8 Å². The van der Waals surface area contributed by atoms with Crippen molar-refractivity contribution in [3.05, 3.63) is 0 Å². The van der Waals surface area contributed by atoms with Crippen molar-refractivity contribution < 1.29 is 29.9 Å². The van der Waals surface area contributed by atoms with E-state index in [-0.39, 0.29) is 47.7 Å². The Bertz CT molecular complexity index is 605. The van der Waals surface area contributed by atoms with Crippen LogP contribution in [-0.2, 0) is 9.47 Å². The van der Waals surface area contributed by atoms with Crippen LogP contribution in [0.5, 0.6) is 0 Å². The first kappa shape index (κ1) is 12.2. The Labute approximate surface area is 127 Å². The zero-order valence-electron chi connectivity index (χ0n) is 12.4. The van der Waals surface area contributed by atoms with Gasteiger partial charge in [-0.15, -0.1) is 0 Å². The number of hydrogen-bond acceptors (Lipinski definition) is 6. The highest BCUT2D eigenvalue weighted by atomic mass is 16.7. The lowest BCUT2D eigenvalue weighted by atomic mass is 9.45. The van der Waals surface area contributed by atoms with E-state index in [1.807, 2.05) is 0 Å². The zero-order valence-corrected chi connectivity index (χ0v) is 12.4. The van der Waals surface area contributed by atoms with E-state index in [4.69, 9.17) is 9.47 Å². The van der Waals surface area contributed by atoms with E-state index in [0.29, 0.717) is 0 Å². The minimum atomic E-state index is -1.44. The molecule has 0 aromatic rings. The molecule has 8 bridgehead atoms. The van der Waals surface area contributed by atoms with Crippen LogP contribution in [0.15, 0.2) is 0 Å². The molecule has 0 aromatic heterocycles. The van der Waals surface area contributed by atoms with Gasteiger partial charge in [0, 0.05) is 34.5 Å². The van der Waals surface area contributed by atoms with Gasteiger partial charge >= 0.3 is 0 Å². The van der Waals surface area contributed by atoms with Crippen LogP contribution in [0.4, 0.5) is 0 Å². The summed E-state index contributed by atoms with van der Waals surface area (Å²) in [5.74, 6) is -2.53. The highest BCUT2D eigenvalue weighted by Gasteiger charge is 3.06. The maximum absolute atomic E-state index is 11.2. The zero-order chi connectivity index (χ0) is 15.2. The normalized spacial score (nSPS) is 87.0. The van der Waals surface area contributed by atoms with Crippen molar-refractivity contribution in [2.24, 2.45) is 46.3 Å². The monoisotopic (exact) mass is 308 g/mol. The predicted molar refractivity (Wildman–Crippen MR) is 68.8 cm³/mol. The largest absolute Gasteiger partial charge is 0.390 e. The molecule has 8 aliphatic rings. The molecule has 2 heterocycles. The molecule has 6 heteroatoms. The molecule has 8 rings (SSSR count). The fourth-order valence-electron chi connectivity index (χ4n) is 9.97. The van der Waals surface area contributed by atoms with Gasteiger partial charge in [-0.2, -0.15) is 0 Å². The Morgan fingerprint density at radius 2 is 1.05 bits per heavy atom. The molecule has 8 fully saturated rings. The molecule has 22 heavy (non-hydrogen) atoms. The average Bonchev–Trinajstić information content (AvgIpc) is 3.17. The van der Waals surface area contributed by atoms with Crippen LogP contribution < -0.4 is 0 Å². The van der Waals surface area contributed by atoms with E-state index in [1.165, 1.54) is 0 Å². The summed E-state index contributed by atoms with van der Waals surface area (Å²) >= 11 is 0. The first-order chi connectivity index (χ1) is 10.2. The maximum atomic E-state index is 11.2. The number of ether oxygens (including phenoxy) is 2. The fraction of sp³-hybridized carbons (Fsp3) is 1.00. The summed E-state index contributed by atoms with van der Waals surface area (Å²) in [5.41, 5.74) is -1.38. The van der Waals surface area contributed by atoms with Crippen LogP contribution >= 0.6 is 0 Å². The summed E-state index contributed by atoms with van der Waals surface area (Å²) in [4.78, 5) is 0. The van der Waals surface area contributed by atoms with Gasteiger partial charge in [-0.3, -0.25) is 0 Å². The summed E-state index contributed by atoms with van der Waals surface area (Å²) in [7, 11) is 0. The Morgan fingerprint density at radius 1 is 0.682 bits per heavy atom. The number of hydrogen-bond donors (Lipinski definition) is 4. The Hall–Kier alpha value is -0.240. The minimum Gasteiger partial charge on any atom is -0.390 e. The molecule has 6 aliphatic carbocycles. The Balaban J connectivity index is 1.67. The molecule has 0 aromatic carbocycles. The first-order valence-electron chi connectivity index (χ1n) is 8.41. The average molecular weight is 308 g/mol. The van der Waals surface area contributed by atoms with Crippen LogP contribution in [0.2, 0.25) is 0 Å². The van der Waals surface area contributed by atoms with Crippen LogP contribution in [0.3, 0.4) is 0 Å². The second kappa shape index (κ2) is 2.61. The summed E-state index contributed by atoms with van der Waals surface area (Å²) < 4.78 is 11.9. The summed E-state index contributed by atoms with van der Waals surface area (Å²) in [6.45, 7) is 3.33. The van der Waals surface area contributed by atoms with Gasteiger partial charge in [0.05, 0.1) is 24.4 Å². The molecule has 0 amide bonds. The standard InChI is InChI=1S/C16H20O6/c1-13(19)15-5-3-4-6(10(18)11(21-13)7(4)15)16(15)8(3)12(9(5)17)22-14(16,2)20/h3-12,17-20H,1-2H3/t3-,4-,5+,6+,7-,8+,9+,10+,11-,12+,13+,14-,15-,16+/m0/s1. The van der Waals surface area contributed by atoms with Crippen LogP contribution in [0.25, 0.3) is 0 Å². The molecule has 0 unspecified atom stereocenters. The summed E-state index contributed by atoms with van der Waals surface area (Å²) in [6.07, 6.45) is -2.06. The molecule has 2 spiro atoms. The van der Waals surface area contributed by atoms with Gasteiger partial charge in [0.15, 0.2) is 11.6 Å². The van der Waals surface area contributed by atoms with Crippen LogP contribution in [-0.4, -0.2) is 56.4 Å². The number of aliphatic hydroxyl groups is 4. The highest BCUT2D eigenvalue weighted by Crippen LogP contribution is 2.99.